The van der Waals surface area contributed by atoms with Gasteiger partial charge in [-0.3, -0.25) is 9.59 Å². The number of nitrogens with two attached hydrogens (primary N) is 1. The summed E-state index contributed by atoms with van der Waals surface area (Å²) in [4.78, 5) is 22.6. The lowest BCUT2D eigenvalue weighted by Gasteiger charge is -2.10. The average Bonchev–Trinajstić information content (AvgIpc) is 2.28. The smallest absolute Gasteiger partial charge is 0.323 e. The van der Waals surface area contributed by atoms with Crippen LogP contribution < -0.4 is 11.1 Å². The van der Waals surface area contributed by atoms with E-state index in [1.807, 2.05) is 0 Å². The van der Waals surface area contributed by atoms with Crippen molar-refractivity contribution in [2.45, 2.75) is 33.2 Å². The van der Waals surface area contributed by atoms with Crippen molar-refractivity contribution in [2.24, 2.45) is 11.7 Å². The van der Waals surface area contributed by atoms with Crippen molar-refractivity contribution in [3.05, 3.63) is 0 Å². The molecule has 0 spiro atoms. The molecule has 6 heteroatoms. The largest absolute Gasteiger partial charge is 0.465 e. The van der Waals surface area contributed by atoms with E-state index >= 15 is 0 Å². The van der Waals surface area contributed by atoms with Gasteiger partial charge in [0.2, 0.25) is 5.91 Å². The van der Waals surface area contributed by atoms with Crippen molar-refractivity contribution in [1.82, 2.24) is 5.32 Å². The van der Waals surface area contributed by atoms with Gasteiger partial charge < -0.3 is 15.8 Å². The fourth-order valence-corrected chi connectivity index (χ4v) is 1.94. The third kappa shape index (κ3) is 9.30. The van der Waals surface area contributed by atoms with Crippen molar-refractivity contribution in [1.29, 1.82) is 0 Å². The normalized spacial score (nSPS) is 12.3. The summed E-state index contributed by atoms with van der Waals surface area (Å²) in [5.74, 6) is 0.874. The van der Waals surface area contributed by atoms with Crippen molar-refractivity contribution >= 4 is 23.6 Å². The number of hydrogen-bond donors (Lipinski definition) is 2. The SMILES string of the molecule is CCOC(=O)C(N)CSCC(=O)NCCC(C)C. The Hall–Kier alpha value is -0.750. The standard InChI is InChI=1S/C12H24N2O3S/c1-4-17-12(16)10(13)7-18-8-11(15)14-6-5-9(2)3/h9-10H,4-8,13H2,1-3H3,(H,14,15). The Morgan fingerprint density at radius 2 is 2.06 bits per heavy atom. The first-order chi connectivity index (χ1) is 8.47. The van der Waals surface area contributed by atoms with Crippen molar-refractivity contribution in [2.75, 3.05) is 24.7 Å². The Bertz CT molecular complexity index is 260. The molecule has 0 aromatic heterocycles. The highest BCUT2D eigenvalue weighted by Crippen LogP contribution is 2.03. The number of ether oxygens (including phenoxy) is 1. The number of carbonyl (C=O) groups is 2. The molecule has 3 N–H and O–H groups in total. The molecule has 0 aromatic rings. The van der Waals surface area contributed by atoms with Gasteiger partial charge in [0.25, 0.3) is 0 Å². The van der Waals surface area contributed by atoms with E-state index in [9.17, 15) is 9.59 Å². The number of hydrogen-bond acceptors (Lipinski definition) is 5. The first-order valence-electron chi connectivity index (χ1n) is 6.24. The van der Waals surface area contributed by atoms with Crippen molar-refractivity contribution in [3.63, 3.8) is 0 Å². The van der Waals surface area contributed by atoms with Gasteiger partial charge in [-0.2, -0.15) is 0 Å². The van der Waals surface area contributed by atoms with Crippen LogP contribution >= 0.6 is 11.8 Å². The molecule has 0 bridgehead atoms. The maximum atomic E-state index is 11.4. The van der Waals surface area contributed by atoms with Crippen LogP contribution in [0.3, 0.4) is 0 Å². The molecule has 0 aromatic carbocycles. The lowest BCUT2D eigenvalue weighted by Crippen LogP contribution is -2.35. The van der Waals surface area contributed by atoms with Gasteiger partial charge in [-0.25, -0.2) is 0 Å². The molecule has 0 rings (SSSR count). The molecular formula is C12H24N2O3S. The predicted octanol–water partition coefficient (Wildman–Crippen LogP) is 0.772. The number of rotatable bonds is 9. The van der Waals surface area contributed by atoms with Crippen LogP contribution in [-0.4, -0.2) is 42.6 Å². The minimum atomic E-state index is -0.654. The monoisotopic (exact) mass is 276 g/mol. The van der Waals surface area contributed by atoms with Gasteiger partial charge in [0.1, 0.15) is 6.04 Å². The molecule has 0 aliphatic rings. The van der Waals surface area contributed by atoms with Gasteiger partial charge in [-0.1, -0.05) is 13.8 Å². The van der Waals surface area contributed by atoms with E-state index in [1.165, 1.54) is 11.8 Å². The molecule has 0 heterocycles. The molecule has 106 valence electrons. The van der Waals surface area contributed by atoms with Crippen LogP contribution in [0.15, 0.2) is 0 Å². The number of amides is 1. The van der Waals surface area contributed by atoms with Crippen molar-refractivity contribution < 1.29 is 14.3 Å². The quantitative estimate of drug-likeness (QED) is 0.608. The molecule has 0 radical (unpaired) electrons. The van der Waals surface area contributed by atoms with E-state index in [0.717, 1.165) is 6.42 Å². The number of carbonyl (C=O) groups excluding carboxylic acids is 2. The Morgan fingerprint density at radius 3 is 2.61 bits per heavy atom. The summed E-state index contributed by atoms with van der Waals surface area (Å²) in [7, 11) is 0. The fraction of sp³-hybridized carbons (Fsp3) is 0.833. The van der Waals surface area contributed by atoms with Crippen molar-refractivity contribution in [3.8, 4) is 0 Å². The third-order valence-corrected chi connectivity index (χ3v) is 3.22. The molecule has 18 heavy (non-hydrogen) atoms. The Morgan fingerprint density at radius 1 is 1.39 bits per heavy atom. The Labute approximate surface area is 113 Å². The van der Waals surface area contributed by atoms with Gasteiger partial charge in [-0.05, 0) is 19.3 Å². The maximum Gasteiger partial charge on any atom is 0.323 e. The number of thioether (sulfide) groups is 1. The molecule has 0 aliphatic heterocycles. The minimum absolute atomic E-state index is 0.0169. The van der Waals surface area contributed by atoms with Crippen LogP contribution in [-0.2, 0) is 14.3 Å². The highest BCUT2D eigenvalue weighted by molar-refractivity contribution is 8.00. The topological polar surface area (TPSA) is 81.4 Å². The molecule has 1 unspecified atom stereocenters. The van der Waals surface area contributed by atoms with Crippen LogP contribution in [0.5, 0.6) is 0 Å². The fourth-order valence-electron chi connectivity index (χ4n) is 1.15. The lowest BCUT2D eigenvalue weighted by molar-refractivity contribution is -0.144. The summed E-state index contributed by atoms with van der Waals surface area (Å²) < 4.78 is 4.77. The van der Waals surface area contributed by atoms with Gasteiger partial charge in [0, 0.05) is 12.3 Å². The Balaban J connectivity index is 3.58. The van der Waals surface area contributed by atoms with E-state index in [2.05, 4.69) is 19.2 Å². The third-order valence-electron chi connectivity index (χ3n) is 2.16. The molecule has 0 fully saturated rings. The second-order valence-electron chi connectivity index (χ2n) is 4.41. The second kappa shape index (κ2) is 10.2. The summed E-state index contributed by atoms with van der Waals surface area (Å²) in [5, 5.41) is 2.83. The van der Waals surface area contributed by atoms with E-state index < -0.39 is 12.0 Å². The van der Waals surface area contributed by atoms with Crippen LogP contribution in [0.4, 0.5) is 0 Å². The Kier molecular flexibility index (Phi) is 9.77. The van der Waals surface area contributed by atoms with Gasteiger partial charge in [0.05, 0.1) is 12.4 Å². The molecule has 5 nitrogen and oxygen atoms in total. The molecule has 0 saturated heterocycles. The lowest BCUT2D eigenvalue weighted by atomic mass is 10.1. The molecule has 1 atom stereocenters. The summed E-state index contributed by atoms with van der Waals surface area (Å²) in [6, 6.07) is -0.654. The summed E-state index contributed by atoms with van der Waals surface area (Å²) in [6.07, 6.45) is 0.971. The zero-order chi connectivity index (χ0) is 14.0. The maximum absolute atomic E-state index is 11.4. The van der Waals surface area contributed by atoms with Gasteiger partial charge >= 0.3 is 5.97 Å². The number of esters is 1. The molecule has 1 amide bonds. The highest BCUT2D eigenvalue weighted by Gasteiger charge is 2.14. The second-order valence-corrected chi connectivity index (χ2v) is 5.44. The molecule has 0 saturated carbocycles. The summed E-state index contributed by atoms with van der Waals surface area (Å²) in [5.41, 5.74) is 5.60. The summed E-state index contributed by atoms with van der Waals surface area (Å²) in [6.45, 7) is 6.98. The van der Waals surface area contributed by atoms with E-state index in [0.29, 0.717) is 30.6 Å². The van der Waals surface area contributed by atoms with E-state index in [1.54, 1.807) is 6.92 Å². The molecular weight excluding hydrogens is 252 g/mol. The van der Waals surface area contributed by atoms with E-state index in [4.69, 9.17) is 10.5 Å². The zero-order valence-corrected chi connectivity index (χ0v) is 12.2. The van der Waals surface area contributed by atoms with Gasteiger partial charge in [0.15, 0.2) is 0 Å². The van der Waals surface area contributed by atoms with Crippen LogP contribution in [0.25, 0.3) is 0 Å². The first kappa shape index (κ1) is 17.2. The predicted molar refractivity (Wildman–Crippen MR) is 74.4 cm³/mol. The zero-order valence-electron chi connectivity index (χ0n) is 11.4. The highest BCUT2D eigenvalue weighted by atomic mass is 32.2. The van der Waals surface area contributed by atoms with Crippen LogP contribution in [0, 0.1) is 5.92 Å². The van der Waals surface area contributed by atoms with Crippen LogP contribution in [0.1, 0.15) is 27.2 Å². The van der Waals surface area contributed by atoms with Crippen LogP contribution in [0.2, 0.25) is 0 Å². The first-order valence-corrected chi connectivity index (χ1v) is 7.39. The average molecular weight is 276 g/mol. The summed E-state index contributed by atoms with van der Waals surface area (Å²) >= 11 is 1.34. The van der Waals surface area contributed by atoms with E-state index in [-0.39, 0.29) is 5.91 Å². The molecule has 0 aliphatic carbocycles. The minimum Gasteiger partial charge on any atom is -0.465 e. The van der Waals surface area contributed by atoms with Gasteiger partial charge in [-0.15, -0.1) is 11.8 Å². The number of nitrogens with one attached hydrogen (secondary N) is 1.